The van der Waals surface area contributed by atoms with Crippen LogP contribution >= 0.6 is 11.3 Å². The van der Waals surface area contributed by atoms with E-state index in [9.17, 15) is 32.7 Å². The smallest absolute Gasteiger partial charge is 0.416 e. The van der Waals surface area contributed by atoms with Crippen molar-refractivity contribution in [3.05, 3.63) is 52.0 Å². The summed E-state index contributed by atoms with van der Waals surface area (Å²) in [4.78, 5) is 43.7. The Labute approximate surface area is 186 Å². The topological polar surface area (TPSA) is 114 Å². The van der Waals surface area contributed by atoms with Crippen molar-refractivity contribution in [2.75, 3.05) is 0 Å². The van der Waals surface area contributed by atoms with E-state index >= 15 is 0 Å². The average molecular weight is 469 g/mol. The molecule has 3 rings (SSSR count). The Morgan fingerprint density at radius 2 is 1.91 bits per heavy atom. The Balaban J connectivity index is 2.17. The van der Waals surface area contributed by atoms with Crippen LogP contribution in [-0.4, -0.2) is 38.3 Å². The van der Waals surface area contributed by atoms with Crippen LogP contribution in [0.15, 0.2) is 35.8 Å². The standard InChI is InChI=1S/C21H22F3N3O4S/c1-11(2)9-20(19(30)31)10-14(16(25)28)15(17-26-7-8-32-17)27(20)18(29)12-3-5-13(6-4-12)21(22,23)24/h3-8,11,14-15H,9-10H2,1-2H3,(H2,25,28)(H,30,31)/t14-,15+,20-/m0/s1. The number of amides is 2. The third kappa shape index (κ3) is 4.21. The second kappa shape index (κ2) is 8.53. The van der Waals surface area contributed by atoms with Crippen molar-refractivity contribution in [1.82, 2.24) is 9.88 Å². The van der Waals surface area contributed by atoms with E-state index in [0.717, 1.165) is 40.5 Å². The number of carbonyl (C=O) groups is 3. The lowest BCUT2D eigenvalue weighted by Gasteiger charge is -2.38. The lowest BCUT2D eigenvalue weighted by atomic mass is 9.83. The molecule has 0 spiro atoms. The third-order valence-electron chi connectivity index (χ3n) is 5.57. The summed E-state index contributed by atoms with van der Waals surface area (Å²) in [6.07, 6.45) is -3.31. The number of nitrogens with two attached hydrogens (primary N) is 1. The fourth-order valence-electron chi connectivity index (χ4n) is 4.34. The molecule has 3 atom stereocenters. The summed E-state index contributed by atoms with van der Waals surface area (Å²) in [5, 5.41) is 12.2. The highest BCUT2D eigenvalue weighted by Gasteiger charge is 2.61. The van der Waals surface area contributed by atoms with E-state index < -0.39 is 47.0 Å². The lowest BCUT2D eigenvalue weighted by Crippen LogP contribution is -2.54. The summed E-state index contributed by atoms with van der Waals surface area (Å²) in [5.74, 6) is -4.07. The first-order valence-corrected chi connectivity index (χ1v) is 10.7. The highest BCUT2D eigenvalue weighted by Crippen LogP contribution is 2.50. The van der Waals surface area contributed by atoms with Gasteiger partial charge < -0.3 is 15.7 Å². The van der Waals surface area contributed by atoms with Gasteiger partial charge in [-0.1, -0.05) is 13.8 Å². The van der Waals surface area contributed by atoms with E-state index in [4.69, 9.17) is 5.73 Å². The number of aliphatic carboxylic acids is 1. The molecule has 172 valence electrons. The average Bonchev–Trinajstić information content (AvgIpc) is 3.33. The zero-order valence-corrected chi connectivity index (χ0v) is 18.1. The third-order valence-corrected chi connectivity index (χ3v) is 6.42. The van der Waals surface area contributed by atoms with Gasteiger partial charge in [0.05, 0.1) is 17.5 Å². The molecule has 11 heteroatoms. The summed E-state index contributed by atoms with van der Waals surface area (Å²) in [6, 6.07) is 2.49. The van der Waals surface area contributed by atoms with Crippen LogP contribution in [0.1, 0.15) is 53.7 Å². The van der Waals surface area contributed by atoms with Crippen molar-refractivity contribution in [3.8, 4) is 0 Å². The first kappa shape index (κ1) is 23.7. The molecule has 0 aliphatic carbocycles. The van der Waals surface area contributed by atoms with Crippen molar-refractivity contribution in [2.24, 2.45) is 17.6 Å². The molecule has 0 bridgehead atoms. The molecule has 0 unspecified atom stereocenters. The number of thiazole rings is 1. The molecule has 1 saturated heterocycles. The van der Waals surface area contributed by atoms with Gasteiger partial charge in [-0.25, -0.2) is 9.78 Å². The Morgan fingerprint density at radius 1 is 1.28 bits per heavy atom. The lowest BCUT2D eigenvalue weighted by molar-refractivity contribution is -0.150. The van der Waals surface area contributed by atoms with Gasteiger partial charge in [0.15, 0.2) is 0 Å². The minimum atomic E-state index is -4.59. The SMILES string of the molecule is CC(C)C[C@@]1(C(=O)O)C[C@H](C(N)=O)[C@H](c2nccs2)N1C(=O)c1ccc(C(F)(F)F)cc1. The van der Waals surface area contributed by atoms with Gasteiger partial charge in [0.25, 0.3) is 5.91 Å². The maximum atomic E-state index is 13.6. The number of carboxylic acid groups (broad SMARTS) is 1. The number of likely N-dealkylation sites (tertiary alicyclic amines) is 1. The van der Waals surface area contributed by atoms with E-state index in [2.05, 4.69) is 4.98 Å². The Kier molecular flexibility index (Phi) is 6.32. The highest BCUT2D eigenvalue weighted by atomic mass is 32.1. The number of hydrogen-bond acceptors (Lipinski definition) is 5. The zero-order valence-electron chi connectivity index (χ0n) is 17.3. The van der Waals surface area contributed by atoms with Crippen LogP contribution in [0.2, 0.25) is 0 Å². The fourth-order valence-corrected chi connectivity index (χ4v) is 5.13. The number of alkyl halides is 3. The van der Waals surface area contributed by atoms with Crippen molar-refractivity contribution >= 4 is 29.1 Å². The number of benzene rings is 1. The van der Waals surface area contributed by atoms with E-state index in [1.807, 2.05) is 0 Å². The summed E-state index contributed by atoms with van der Waals surface area (Å²) in [6.45, 7) is 3.56. The van der Waals surface area contributed by atoms with Crippen LogP contribution in [0.5, 0.6) is 0 Å². The highest BCUT2D eigenvalue weighted by molar-refractivity contribution is 7.09. The molecule has 1 aliphatic heterocycles. The van der Waals surface area contributed by atoms with Crippen LogP contribution in [0.4, 0.5) is 13.2 Å². The first-order valence-electron chi connectivity index (χ1n) is 9.81. The maximum absolute atomic E-state index is 13.6. The van der Waals surface area contributed by atoms with Crippen molar-refractivity contribution in [1.29, 1.82) is 0 Å². The Morgan fingerprint density at radius 3 is 2.34 bits per heavy atom. The summed E-state index contributed by atoms with van der Waals surface area (Å²) >= 11 is 1.14. The predicted molar refractivity (Wildman–Crippen MR) is 110 cm³/mol. The number of halogens is 3. The van der Waals surface area contributed by atoms with E-state index in [0.29, 0.717) is 5.01 Å². The molecule has 1 fully saturated rings. The Hall–Kier alpha value is -2.95. The summed E-state index contributed by atoms with van der Waals surface area (Å²) in [7, 11) is 0. The van der Waals surface area contributed by atoms with E-state index in [-0.39, 0.29) is 24.3 Å². The number of primary amides is 1. The summed E-state index contributed by atoms with van der Waals surface area (Å²) in [5.41, 5.74) is 2.76. The van der Waals surface area contributed by atoms with E-state index in [1.165, 1.54) is 6.20 Å². The molecule has 32 heavy (non-hydrogen) atoms. The minimum Gasteiger partial charge on any atom is -0.479 e. The number of nitrogens with zero attached hydrogens (tertiary/aromatic N) is 2. The number of hydrogen-bond donors (Lipinski definition) is 2. The fraction of sp³-hybridized carbons (Fsp3) is 0.429. The number of carbonyl (C=O) groups excluding carboxylic acids is 2. The van der Waals surface area contributed by atoms with Gasteiger partial charge >= 0.3 is 12.1 Å². The monoisotopic (exact) mass is 469 g/mol. The quantitative estimate of drug-likeness (QED) is 0.669. The van der Waals surface area contributed by atoms with Crippen LogP contribution in [0.3, 0.4) is 0 Å². The van der Waals surface area contributed by atoms with Crippen LogP contribution in [0.25, 0.3) is 0 Å². The second-order valence-electron chi connectivity index (χ2n) is 8.21. The molecule has 0 saturated carbocycles. The molecule has 1 aromatic heterocycles. The Bertz CT molecular complexity index is 1010. The van der Waals surface area contributed by atoms with Gasteiger partial charge in [0.2, 0.25) is 5.91 Å². The molecular formula is C21H22F3N3O4S. The minimum absolute atomic E-state index is 0.0281. The number of carboxylic acids is 1. The van der Waals surface area contributed by atoms with Gasteiger partial charge in [-0.2, -0.15) is 13.2 Å². The molecule has 2 heterocycles. The first-order chi connectivity index (χ1) is 14.9. The molecule has 2 amide bonds. The van der Waals surface area contributed by atoms with Crippen molar-refractivity contribution < 1.29 is 32.7 Å². The van der Waals surface area contributed by atoms with Crippen LogP contribution < -0.4 is 5.73 Å². The number of rotatable bonds is 6. The zero-order chi connectivity index (χ0) is 23.8. The largest absolute Gasteiger partial charge is 0.479 e. The van der Waals surface area contributed by atoms with Crippen LogP contribution in [-0.2, 0) is 15.8 Å². The maximum Gasteiger partial charge on any atom is 0.416 e. The van der Waals surface area contributed by atoms with Gasteiger partial charge in [0, 0.05) is 17.1 Å². The van der Waals surface area contributed by atoms with Gasteiger partial charge in [-0.05, 0) is 43.0 Å². The normalized spacial score (nSPS) is 23.5. The van der Waals surface area contributed by atoms with Crippen LogP contribution in [0, 0.1) is 11.8 Å². The molecule has 3 N–H and O–H groups in total. The number of aromatic nitrogens is 1. The van der Waals surface area contributed by atoms with Gasteiger partial charge in [0.1, 0.15) is 10.5 Å². The predicted octanol–water partition coefficient (Wildman–Crippen LogP) is 3.72. The van der Waals surface area contributed by atoms with Gasteiger partial charge in [-0.3, -0.25) is 9.59 Å². The molecule has 2 aromatic rings. The molecule has 0 radical (unpaired) electrons. The van der Waals surface area contributed by atoms with Crippen molar-refractivity contribution in [3.63, 3.8) is 0 Å². The van der Waals surface area contributed by atoms with Crippen molar-refractivity contribution in [2.45, 2.75) is 44.4 Å². The van der Waals surface area contributed by atoms with Gasteiger partial charge in [-0.15, -0.1) is 11.3 Å². The van der Waals surface area contributed by atoms with E-state index in [1.54, 1.807) is 19.2 Å². The second-order valence-corrected chi connectivity index (χ2v) is 9.14. The molecule has 7 nitrogen and oxygen atoms in total. The molecule has 1 aromatic carbocycles. The molecule has 1 aliphatic rings. The summed E-state index contributed by atoms with van der Waals surface area (Å²) < 4.78 is 38.9. The molecular weight excluding hydrogens is 447 g/mol.